The van der Waals surface area contributed by atoms with Gasteiger partial charge in [0.25, 0.3) is 11.5 Å². The van der Waals surface area contributed by atoms with Gasteiger partial charge in [0.15, 0.2) is 5.69 Å². The number of halogens is 1. The number of fused-ring (bicyclic) bond motifs is 1. The molecule has 2 aromatic rings. The third-order valence-electron chi connectivity index (χ3n) is 6.26. The number of ether oxygens (including phenoxy) is 1. The van der Waals surface area contributed by atoms with Gasteiger partial charge in [-0.25, -0.2) is 17.8 Å². The maximum atomic E-state index is 14.3. The van der Waals surface area contributed by atoms with Crippen molar-refractivity contribution in [2.45, 2.75) is 63.1 Å². The number of hydrogen-bond donors (Lipinski definition) is 2. The third-order valence-corrected chi connectivity index (χ3v) is 8.14. The van der Waals surface area contributed by atoms with Gasteiger partial charge in [0.05, 0.1) is 18.0 Å². The topological polar surface area (TPSA) is 131 Å². The fourth-order valence-corrected chi connectivity index (χ4v) is 5.99. The van der Waals surface area contributed by atoms with Crippen molar-refractivity contribution < 1.29 is 27.4 Å². The van der Waals surface area contributed by atoms with Crippen LogP contribution in [0.25, 0.3) is 0 Å². The normalized spacial score (nSPS) is 18.5. The van der Waals surface area contributed by atoms with Crippen LogP contribution in [0.5, 0.6) is 5.75 Å². The summed E-state index contributed by atoms with van der Waals surface area (Å²) < 4.78 is 48.7. The highest BCUT2D eigenvalue weighted by Crippen LogP contribution is 2.27. The standard InChI is InChI=1S/C23H29FN4O6S/c1-23(2)22-26-18(19(29)21(31)28(22)9-10-34-23)20(30)25-14-15-11-16(24)13-17(12-15)35(32,33)27-7-5-3-4-6-8-27/h11-13,29H,3-10,14H2,1-2H3,(H,25,30). The molecule has 0 atom stereocenters. The highest BCUT2D eigenvalue weighted by atomic mass is 32.2. The van der Waals surface area contributed by atoms with E-state index < -0.39 is 44.4 Å². The van der Waals surface area contributed by atoms with Crippen LogP contribution in [0.15, 0.2) is 27.9 Å². The molecule has 0 radical (unpaired) electrons. The first-order valence-corrected chi connectivity index (χ1v) is 13.0. The monoisotopic (exact) mass is 508 g/mol. The van der Waals surface area contributed by atoms with E-state index in [0.29, 0.717) is 13.1 Å². The number of carbonyl (C=O) groups is 1. The molecule has 10 nitrogen and oxygen atoms in total. The Labute approximate surface area is 202 Å². The van der Waals surface area contributed by atoms with Crippen molar-refractivity contribution in [3.05, 3.63) is 51.5 Å². The Morgan fingerprint density at radius 2 is 1.86 bits per heavy atom. The Morgan fingerprint density at radius 3 is 2.54 bits per heavy atom. The molecule has 2 aliphatic heterocycles. The molecule has 1 aromatic carbocycles. The molecule has 0 saturated carbocycles. The summed E-state index contributed by atoms with van der Waals surface area (Å²) >= 11 is 0. The number of rotatable bonds is 5. The van der Waals surface area contributed by atoms with Crippen LogP contribution in [0.1, 0.15) is 61.4 Å². The molecule has 0 aliphatic carbocycles. The maximum absolute atomic E-state index is 14.3. The average molecular weight is 509 g/mol. The predicted octanol–water partition coefficient (Wildman–Crippen LogP) is 1.85. The summed E-state index contributed by atoms with van der Waals surface area (Å²) in [6.45, 7) is 4.36. The van der Waals surface area contributed by atoms with Gasteiger partial charge in [0.1, 0.15) is 17.2 Å². The Morgan fingerprint density at radius 1 is 1.17 bits per heavy atom. The number of amides is 1. The van der Waals surface area contributed by atoms with Crippen molar-refractivity contribution in [3.8, 4) is 5.75 Å². The summed E-state index contributed by atoms with van der Waals surface area (Å²) in [6, 6.07) is 3.40. The summed E-state index contributed by atoms with van der Waals surface area (Å²) in [5, 5.41) is 12.8. The molecule has 1 amide bonds. The van der Waals surface area contributed by atoms with E-state index in [1.54, 1.807) is 13.8 Å². The second-order valence-corrected chi connectivity index (χ2v) is 11.2. The first-order chi connectivity index (χ1) is 16.5. The number of carbonyl (C=O) groups excluding carboxylic acids is 1. The second-order valence-electron chi connectivity index (χ2n) is 9.24. The lowest BCUT2D eigenvalue weighted by Gasteiger charge is -2.32. The van der Waals surface area contributed by atoms with E-state index in [0.717, 1.165) is 37.8 Å². The molecule has 1 saturated heterocycles. The van der Waals surface area contributed by atoms with E-state index in [1.807, 2.05) is 0 Å². The van der Waals surface area contributed by atoms with E-state index in [9.17, 15) is 27.5 Å². The van der Waals surface area contributed by atoms with Crippen molar-refractivity contribution in [1.82, 2.24) is 19.2 Å². The van der Waals surface area contributed by atoms with Crippen molar-refractivity contribution in [2.75, 3.05) is 19.7 Å². The van der Waals surface area contributed by atoms with Crippen LogP contribution in [0.2, 0.25) is 0 Å². The largest absolute Gasteiger partial charge is 0.501 e. The number of benzene rings is 1. The Kier molecular flexibility index (Phi) is 6.98. The predicted molar refractivity (Wildman–Crippen MR) is 124 cm³/mol. The Balaban J connectivity index is 1.57. The number of aromatic nitrogens is 2. The second kappa shape index (κ2) is 9.67. The van der Waals surface area contributed by atoms with Gasteiger partial charge in [0, 0.05) is 19.6 Å². The molecular formula is C23H29FN4O6S. The number of aromatic hydroxyl groups is 1. The molecule has 35 heavy (non-hydrogen) atoms. The van der Waals surface area contributed by atoms with Crippen LogP contribution in [0.4, 0.5) is 4.39 Å². The van der Waals surface area contributed by atoms with Crippen LogP contribution in [0, 0.1) is 5.82 Å². The van der Waals surface area contributed by atoms with Crippen molar-refractivity contribution in [3.63, 3.8) is 0 Å². The van der Waals surface area contributed by atoms with Crippen LogP contribution in [0.3, 0.4) is 0 Å². The zero-order valence-corrected chi connectivity index (χ0v) is 20.5. The van der Waals surface area contributed by atoms with E-state index in [-0.39, 0.29) is 36.0 Å². The molecule has 0 bridgehead atoms. The number of nitrogens with one attached hydrogen (secondary N) is 1. The summed E-state index contributed by atoms with van der Waals surface area (Å²) in [6.07, 6.45) is 3.39. The summed E-state index contributed by atoms with van der Waals surface area (Å²) in [5.74, 6) is -2.21. The van der Waals surface area contributed by atoms with Gasteiger partial charge in [-0.1, -0.05) is 12.8 Å². The van der Waals surface area contributed by atoms with Gasteiger partial charge >= 0.3 is 0 Å². The van der Waals surface area contributed by atoms with Crippen molar-refractivity contribution >= 4 is 15.9 Å². The first kappa shape index (κ1) is 25.3. The van der Waals surface area contributed by atoms with Crippen LogP contribution in [-0.4, -0.2) is 53.0 Å². The van der Waals surface area contributed by atoms with Crippen LogP contribution >= 0.6 is 0 Å². The molecule has 0 unspecified atom stereocenters. The lowest BCUT2D eigenvalue weighted by molar-refractivity contribution is -0.0566. The lowest BCUT2D eigenvalue weighted by atomic mass is 10.1. The van der Waals surface area contributed by atoms with E-state index in [1.165, 1.54) is 14.9 Å². The molecule has 190 valence electrons. The fourth-order valence-electron chi connectivity index (χ4n) is 4.40. The number of nitrogens with zero attached hydrogens (tertiary/aromatic N) is 3. The van der Waals surface area contributed by atoms with Crippen molar-refractivity contribution in [1.29, 1.82) is 0 Å². The summed E-state index contributed by atoms with van der Waals surface area (Å²) in [5.41, 5.74) is -1.97. The SMILES string of the molecule is CC1(C)OCCn2c1nc(C(=O)NCc1cc(F)cc(S(=O)(=O)N3CCCCCC3)c1)c(O)c2=O. The van der Waals surface area contributed by atoms with Gasteiger partial charge in [-0.05, 0) is 50.5 Å². The van der Waals surface area contributed by atoms with Gasteiger partial charge in [0.2, 0.25) is 15.8 Å². The molecule has 1 fully saturated rings. The molecular weight excluding hydrogens is 479 g/mol. The zero-order valence-electron chi connectivity index (χ0n) is 19.7. The minimum Gasteiger partial charge on any atom is -0.501 e. The minimum atomic E-state index is -3.89. The third kappa shape index (κ3) is 5.09. The Hall–Kier alpha value is -2.83. The molecule has 2 aliphatic rings. The molecule has 3 heterocycles. The van der Waals surface area contributed by atoms with Crippen LogP contribution < -0.4 is 10.9 Å². The highest BCUT2D eigenvalue weighted by Gasteiger charge is 2.34. The molecule has 12 heteroatoms. The Bertz CT molecular complexity index is 1300. The molecule has 0 spiro atoms. The van der Waals surface area contributed by atoms with Gasteiger partial charge in [-0.2, -0.15) is 4.31 Å². The molecule has 1 aromatic heterocycles. The van der Waals surface area contributed by atoms with Gasteiger partial charge < -0.3 is 15.2 Å². The minimum absolute atomic E-state index is 0.185. The van der Waals surface area contributed by atoms with Gasteiger partial charge in [-0.3, -0.25) is 14.2 Å². The quantitative estimate of drug-likeness (QED) is 0.630. The zero-order chi connectivity index (χ0) is 25.4. The van der Waals surface area contributed by atoms with E-state index >= 15 is 0 Å². The lowest BCUT2D eigenvalue weighted by Crippen LogP contribution is -2.42. The molecule has 4 rings (SSSR count). The molecule has 2 N–H and O–H groups in total. The van der Waals surface area contributed by atoms with Crippen molar-refractivity contribution in [2.24, 2.45) is 0 Å². The first-order valence-electron chi connectivity index (χ1n) is 11.6. The van der Waals surface area contributed by atoms with Crippen LogP contribution in [-0.2, 0) is 33.5 Å². The van der Waals surface area contributed by atoms with E-state index in [2.05, 4.69) is 10.3 Å². The maximum Gasteiger partial charge on any atom is 0.296 e. The van der Waals surface area contributed by atoms with Gasteiger partial charge in [-0.15, -0.1) is 0 Å². The number of hydrogen-bond acceptors (Lipinski definition) is 7. The summed E-state index contributed by atoms with van der Waals surface area (Å²) in [7, 11) is -3.89. The fraction of sp³-hybridized carbons (Fsp3) is 0.522. The average Bonchev–Trinajstić information content (AvgIpc) is 3.10. The highest BCUT2D eigenvalue weighted by molar-refractivity contribution is 7.89. The van der Waals surface area contributed by atoms with E-state index in [4.69, 9.17) is 4.74 Å². The summed E-state index contributed by atoms with van der Waals surface area (Å²) in [4.78, 5) is 29.4. The smallest absolute Gasteiger partial charge is 0.296 e. The number of sulfonamides is 1.